The Morgan fingerprint density at radius 1 is 1.18 bits per heavy atom. The van der Waals surface area contributed by atoms with Crippen molar-refractivity contribution in [1.82, 2.24) is 9.88 Å². The Hall–Kier alpha value is -2.74. The molecule has 1 atom stereocenters. The van der Waals surface area contributed by atoms with Crippen molar-refractivity contribution in [2.75, 3.05) is 17.2 Å². The molecular formula is C20H24N4O3S. The highest BCUT2D eigenvalue weighted by Gasteiger charge is 2.35. The van der Waals surface area contributed by atoms with Gasteiger partial charge in [0.2, 0.25) is 17.7 Å². The highest BCUT2D eigenvalue weighted by molar-refractivity contribution is 7.14. The Morgan fingerprint density at radius 3 is 2.46 bits per heavy atom. The fraction of sp³-hybridized carbons (Fsp3) is 0.400. The summed E-state index contributed by atoms with van der Waals surface area (Å²) in [6.07, 6.45) is 1.30. The summed E-state index contributed by atoms with van der Waals surface area (Å²) in [6, 6.07) is 6.86. The van der Waals surface area contributed by atoms with E-state index in [4.69, 9.17) is 0 Å². The number of hydrogen-bond acceptors (Lipinski definition) is 5. The number of anilines is 2. The van der Waals surface area contributed by atoms with Crippen molar-refractivity contribution in [3.63, 3.8) is 0 Å². The molecule has 3 rings (SSSR count). The number of hydrogen-bond donors (Lipinski definition) is 2. The van der Waals surface area contributed by atoms with E-state index in [1.165, 1.54) is 18.3 Å². The monoisotopic (exact) mass is 400 g/mol. The Bertz CT molecular complexity index is 876. The minimum absolute atomic E-state index is 0.0165. The van der Waals surface area contributed by atoms with E-state index in [2.05, 4.69) is 15.6 Å². The molecule has 28 heavy (non-hydrogen) atoms. The Morgan fingerprint density at radius 2 is 1.89 bits per heavy atom. The molecule has 1 saturated heterocycles. The van der Waals surface area contributed by atoms with Crippen LogP contribution in [0, 0.1) is 5.92 Å². The molecule has 1 unspecified atom stereocenters. The smallest absolute Gasteiger partial charge is 0.249 e. The molecule has 0 radical (unpaired) electrons. The van der Waals surface area contributed by atoms with Crippen LogP contribution in [0.4, 0.5) is 10.8 Å². The van der Waals surface area contributed by atoms with E-state index in [0.717, 1.165) is 23.4 Å². The first-order valence-corrected chi connectivity index (χ1v) is 10.2. The van der Waals surface area contributed by atoms with Gasteiger partial charge in [0.15, 0.2) is 5.13 Å². The Kier molecular flexibility index (Phi) is 6.08. The average molecular weight is 401 g/mol. The summed E-state index contributed by atoms with van der Waals surface area (Å²) in [5.74, 6) is -0.273. The number of benzene rings is 1. The molecule has 0 saturated carbocycles. The molecule has 2 aromatic rings. The van der Waals surface area contributed by atoms with Gasteiger partial charge in [-0.1, -0.05) is 26.0 Å². The van der Waals surface area contributed by atoms with Crippen molar-refractivity contribution in [3.8, 4) is 11.3 Å². The molecule has 8 heteroatoms. The zero-order chi connectivity index (χ0) is 20.3. The van der Waals surface area contributed by atoms with Crippen molar-refractivity contribution in [2.24, 2.45) is 5.92 Å². The quantitative estimate of drug-likeness (QED) is 0.778. The standard InChI is InChI=1S/C20H24N4O3S/c1-12(2)18(24-10-4-5-17(24)26)19(27)23-20-22-16(11-28-20)14-6-8-15(9-7-14)21-13(3)25/h6-9,11-12,18H,4-5,10H2,1-3H3,(H,21,25)(H,22,23,27). The number of aromatic nitrogens is 1. The van der Waals surface area contributed by atoms with Crippen molar-refractivity contribution < 1.29 is 14.4 Å². The molecular weight excluding hydrogens is 376 g/mol. The van der Waals surface area contributed by atoms with Gasteiger partial charge in [-0.05, 0) is 24.5 Å². The van der Waals surface area contributed by atoms with Crippen molar-refractivity contribution in [1.29, 1.82) is 0 Å². The van der Waals surface area contributed by atoms with Crippen LogP contribution in [0.25, 0.3) is 11.3 Å². The summed E-state index contributed by atoms with van der Waals surface area (Å²) in [6.45, 7) is 5.97. The molecule has 1 aromatic carbocycles. The summed E-state index contributed by atoms with van der Waals surface area (Å²) >= 11 is 1.34. The molecule has 0 bridgehead atoms. The van der Waals surface area contributed by atoms with Crippen LogP contribution >= 0.6 is 11.3 Å². The van der Waals surface area contributed by atoms with Crippen LogP contribution in [0.2, 0.25) is 0 Å². The minimum Gasteiger partial charge on any atom is -0.330 e. The number of nitrogens with zero attached hydrogens (tertiary/aromatic N) is 2. The third kappa shape index (κ3) is 4.56. The van der Waals surface area contributed by atoms with Crippen molar-refractivity contribution in [3.05, 3.63) is 29.6 Å². The van der Waals surface area contributed by atoms with E-state index >= 15 is 0 Å². The van der Waals surface area contributed by atoms with Gasteiger partial charge >= 0.3 is 0 Å². The van der Waals surface area contributed by atoms with Gasteiger partial charge in [-0.25, -0.2) is 4.98 Å². The van der Waals surface area contributed by atoms with Crippen LogP contribution in [0.1, 0.15) is 33.6 Å². The highest BCUT2D eigenvalue weighted by Crippen LogP contribution is 2.27. The van der Waals surface area contributed by atoms with E-state index in [1.807, 2.05) is 43.5 Å². The summed E-state index contributed by atoms with van der Waals surface area (Å²) in [5.41, 5.74) is 2.35. The Balaban J connectivity index is 1.70. The molecule has 1 aliphatic heterocycles. The summed E-state index contributed by atoms with van der Waals surface area (Å²) in [5, 5.41) is 7.96. The van der Waals surface area contributed by atoms with Gasteiger partial charge in [0.25, 0.3) is 0 Å². The van der Waals surface area contributed by atoms with E-state index in [1.54, 1.807) is 4.90 Å². The number of nitrogens with one attached hydrogen (secondary N) is 2. The normalized spacial score (nSPS) is 15.0. The summed E-state index contributed by atoms with van der Waals surface area (Å²) in [7, 11) is 0. The van der Waals surface area contributed by atoms with Crippen LogP contribution in [0.3, 0.4) is 0 Å². The number of carbonyl (C=O) groups excluding carboxylic acids is 3. The first-order chi connectivity index (χ1) is 13.3. The SMILES string of the molecule is CC(=O)Nc1ccc(-c2csc(NC(=O)C(C(C)C)N3CCCC3=O)n2)cc1. The molecule has 0 aliphatic carbocycles. The third-order valence-electron chi connectivity index (χ3n) is 4.58. The van der Waals surface area contributed by atoms with Crippen LogP contribution in [0.5, 0.6) is 0 Å². The molecule has 2 N–H and O–H groups in total. The van der Waals surface area contributed by atoms with Gasteiger partial charge in [-0.15, -0.1) is 11.3 Å². The number of likely N-dealkylation sites (tertiary alicyclic amines) is 1. The van der Waals surface area contributed by atoms with Crippen molar-refractivity contribution >= 4 is 39.9 Å². The van der Waals surface area contributed by atoms with Gasteiger partial charge in [0.05, 0.1) is 5.69 Å². The molecule has 2 heterocycles. The lowest BCUT2D eigenvalue weighted by Gasteiger charge is -2.29. The fourth-order valence-electron chi connectivity index (χ4n) is 3.34. The molecule has 7 nitrogen and oxygen atoms in total. The number of amides is 3. The van der Waals surface area contributed by atoms with Gasteiger partial charge in [0, 0.05) is 36.5 Å². The lowest BCUT2D eigenvalue weighted by Crippen LogP contribution is -2.47. The fourth-order valence-corrected chi connectivity index (χ4v) is 4.06. The second-order valence-electron chi connectivity index (χ2n) is 7.17. The number of carbonyl (C=O) groups is 3. The zero-order valence-corrected chi connectivity index (χ0v) is 17.0. The molecule has 1 aromatic heterocycles. The molecule has 0 spiro atoms. The van der Waals surface area contributed by atoms with Crippen LogP contribution < -0.4 is 10.6 Å². The van der Waals surface area contributed by atoms with E-state index in [-0.39, 0.29) is 23.6 Å². The number of thiazole rings is 1. The highest BCUT2D eigenvalue weighted by atomic mass is 32.1. The van der Waals surface area contributed by atoms with Gasteiger partial charge in [0.1, 0.15) is 6.04 Å². The molecule has 3 amide bonds. The average Bonchev–Trinajstić information content (AvgIpc) is 3.25. The molecule has 148 valence electrons. The van der Waals surface area contributed by atoms with Crippen molar-refractivity contribution in [2.45, 2.75) is 39.7 Å². The van der Waals surface area contributed by atoms with Crippen LogP contribution in [-0.4, -0.2) is 40.2 Å². The number of rotatable bonds is 6. The maximum atomic E-state index is 12.8. The van der Waals surface area contributed by atoms with E-state index < -0.39 is 6.04 Å². The van der Waals surface area contributed by atoms with Gasteiger partial charge in [-0.3, -0.25) is 14.4 Å². The predicted octanol–water partition coefficient (Wildman–Crippen LogP) is 3.35. The first-order valence-electron chi connectivity index (χ1n) is 9.29. The van der Waals surface area contributed by atoms with E-state index in [9.17, 15) is 14.4 Å². The maximum Gasteiger partial charge on any atom is 0.249 e. The van der Waals surface area contributed by atoms with Gasteiger partial charge in [-0.2, -0.15) is 0 Å². The second kappa shape index (κ2) is 8.52. The first kappa shape index (κ1) is 20.0. The maximum absolute atomic E-state index is 12.8. The van der Waals surface area contributed by atoms with Crippen LogP contribution in [0.15, 0.2) is 29.6 Å². The largest absolute Gasteiger partial charge is 0.330 e. The molecule has 1 aliphatic rings. The zero-order valence-electron chi connectivity index (χ0n) is 16.2. The van der Waals surface area contributed by atoms with Crippen LogP contribution in [-0.2, 0) is 14.4 Å². The topological polar surface area (TPSA) is 91.4 Å². The Labute approximate surface area is 168 Å². The lowest BCUT2D eigenvalue weighted by atomic mass is 10.0. The van der Waals surface area contributed by atoms with E-state index in [0.29, 0.717) is 18.1 Å². The predicted molar refractivity (Wildman–Crippen MR) is 110 cm³/mol. The lowest BCUT2D eigenvalue weighted by molar-refractivity contribution is -0.136. The summed E-state index contributed by atoms with van der Waals surface area (Å²) < 4.78 is 0. The third-order valence-corrected chi connectivity index (χ3v) is 5.34. The molecule has 1 fully saturated rings. The van der Waals surface area contributed by atoms with Gasteiger partial charge < -0.3 is 15.5 Å². The summed E-state index contributed by atoms with van der Waals surface area (Å²) in [4.78, 5) is 42.1. The second-order valence-corrected chi connectivity index (χ2v) is 8.02. The minimum atomic E-state index is -0.487.